The fourth-order valence-corrected chi connectivity index (χ4v) is 3.16. The van der Waals surface area contributed by atoms with Crippen molar-refractivity contribution in [1.82, 2.24) is 0 Å². The number of carbonyl (C=O) groups is 2. The minimum absolute atomic E-state index is 0.0776. The quantitative estimate of drug-likeness (QED) is 0.696. The van der Waals surface area contributed by atoms with Gasteiger partial charge in [0.1, 0.15) is 5.75 Å². The highest BCUT2D eigenvalue weighted by atomic mass is 79.9. The van der Waals surface area contributed by atoms with E-state index >= 15 is 0 Å². The topological polar surface area (TPSA) is 73.9 Å². The van der Waals surface area contributed by atoms with E-state index in [1.165, 1.54) is 6.92 Å². The molecule has 8 heteroatoms. The lowest BCUT2D eigenvalue weighted by atomic mass is 10.1. The smallest absolute Gasteiger partial charge is 0.265 e. The van der Waals surface area contributed by atoms with Gasteiger partial charge >= 0.3 is 0 Å². The lowest BCUT2D eigenvalue weighted by molar-refractivity contribution is -0.122. The summed E-state index contributed by atoms with van der Waals surface area (Å²) < 4.78 is 16.9. The number of amides is 1. The third kappa shape index (κ3) is 3.94. The van der Waals surface area contributed by atoms with Gasteiger partial charge in [-0.15, -0.1) is 0 Å². The first-order chi connectivity index (χ1) is 12.3. The monoisotopic (exact) mass is 439 g/mol. The van der Waals surface area contributed by atoms with Gasteiger partial charge < -0.3 is 19.5 Å². The standard InChI is InChI=1S/C18H15BrClNO5/c1-9(22)12-6-16-17(25-8-24-16)7-14(12)21-18(23)10(2)26-15-4-3-11(20)5-13(15)19/h3-7,10H,8H2,1-2H3,(H,21,23)/t10-/m1/s1. The molecular weight excluding hydrogens is 426 g/mol. The Bertz CT molecular complexity index is 886. The van der Waals surface area contributed by atoms with Crippen LogP contribution in [0.4, 0.5) is 5.69 Å². The second-order valence-corrected chi connectivity index (χ2v) is 6.92. The summed E-state index contributed by atoms with van der Waals surface area (Å²) in [6.07, 6.45) is -0.808. The van der Waals surface area contributed by atoms with Crippen molar-refractivity contribution in [3.8, 4) is 17.2 Å². The van der Waals surface area contributed by atoms with E-state index in [0.717, 1.165) is 0 Å². The normalized spacial score (nSPS) is 13.2. The molecule has 2 aromatic rings. The summed E-state index contributed by atoms with van der Waals surface area (Å²) in [7, 11) is 0. The van der Waals surface area contributed by atoms with Gasteiger partial charge in [0.25, 0.3) is 5.91 Å². The van der Waals surface area contributed by atoms with Crippen molar-refractivity contribution in [2.45, 2.75) is 20.0 Å². The Kier molecular flexibility index (Phi) is 5.38. The van der Waals surface area contributed by atoms with Crippen molar-refractivity contribution >= 4 is 44.9 Å². The summed E-state index contributed by atoms with van der Waals surface area (Å²) in [5.74, 6) is 0.817. The second-order valence-electron chi connectivity index (χ2n) is 5.63. The van der Waals surface area contributed by atoms with Gasteiger partial charge in [0.15, 0.2) is 23.4 Å². The molecule has 0 fully saturated rings. The molecule has 2 aromatic carbocycles. The Labute approximate surface area is 163 Å². The zero-order valence-electron chi connectivity index (χ0n) is 14.0. The maximum atomic E-state index is 12.5. The molecular formula is C18H15BrClNO5. The number of carbonyl (C=O) groups excluding carboxylic acids is 2. The molecule has 0 aromatic heterocycles. The molecule has 1 atom stereocenters. The van der Waals surface area contributed by atoms with E-state index in [4.69, 9.17) is 25.8 Å². The lowest BCUT2D eigenvalue weighted by Crippen LogP contribution is -2.30. The van der Waals surface area contributed by atoms with Crippen molar-refractivity contribution in [3.63, 3.8) is 0 Å². The van der Waals surface area contributed by atoms with Crippen LogP contribution in [0.3, 0.4) is 0 Å². The number of Topliss-reactive ketones (excluding diaryl/α,β-unsaturated/α-hetero) is 1. The van der Waals surface area contributed by atoms with Crippen molar-refractivity contribution in [2.24, 2.45) is 0 Å². The van der Waals surface area contributed by atoms with Crippen LogP contribution >= 0.6 is 27.5 Å². The Morgan fingerprint density at radius 2 is 1.92 bits per heavy atom. The van der Waals surface area contributed by atoms with Crippen LogP contribution in [0.1, 0.15) is 24.2 Å². The minimum atomic E-state index is -0.808. The second kappa shape index (κ2) is 7.55. The van der Waals surface area contributed by atoms with Crippen molar-refractivity contribution < 1.29 is 23.8 Å². The van der Waals surface area contributed by atoms with Crippen LogP contribution < -0.4 is 19.5 Å². The van der Waals surface area contributed by atoms with Gasteiger partial charge in [0.2, 0.25) is 6.79 Å². The highest BCUT2D eigenvalue weighted by Gasteiger charge is 2.23. The minimum Gasteiger partial charge on any atom is -0.480 e. The molecule has 0 aliphatic carbocycles. The Hall–Kier alpha value is -2.25. The van der Waals surface area contributed by atoms with Crippen LogP contribution in [-0.2, 0) is 4.79 Å². The number of ketones is 1. The van der Waals surface area contributed by atoms with Gasteiger partial charge in [-0.25, -0.2) is 0 Å². The molecule has 1 N–H and O–H groups in total. The molecule has 26 heavy (non-hydrogen) atoms. The van der Waals surface area contributed by atoms with E-state index < -0.39 is 12.0 Å². The molecule has 0 spiro atoms. The summed E-state index contributed by atoms with van der Waals surface area (Å²) in [5.41, 5.74) is 0.680. The molecule has 0 saturated carbocycles. The van der Waals surface area contributed by atoms with E-state index in [2.05, 4.69) is 21.2 Å². The van der Waals surface area contributed by atoms with Crippen LogP contribution in [0.15, 0.2) is 34.8 Å². The zero-order valence-corrected chi connectivity index (χ0v) is 16.3. The predicted molar refractivity (Wildman–Crippen MR) is 100 cm³/mol. The average molecular weight is 441 g/mol. The molecule has 1 amide bonds. The molecule has 0 unspecified atom stereocenters. The van der Waals surface area contributed by atoms with E-state index in [-0.39, 0.29) is 12.6 Å². The van der Waals surface area contributed by atoms with E-state index in [0.29, 0.717) is 38.0 Å². The number of hydrogen-bond donors (Lipinski definition) is 1. The van der Waals surface area contributed by atoms with Crippen LogP contribution in [0.25, 0.3) is 0 Å². The van der Waals surface area contributed by atoms with E-state index in [1.54, 1.807) is 37.3 Å². The Morgan fingerprint density at radius 1 is 1.23 bits per heavy atom. The van der Waals surface area contributed by atoms with Gasteiger partial charge in [0, 0.05) is 16.7 Å². The van der Waals surface area contributed by atoms with Crippen molar-refractivity contribution in [1.29, 1.82) is 0 Å². The van der Waals surface area contributed by atoms with Crippen molar-refractivity contribution in [3.05, 3.63) is 45.4 Å². The summed E-state index contributed by atoms with van der Waals surface area (Å²) in [6.45, 7) is 3.10. The molecule has 0 radical (unpaired) electrons. The molecule has 1 aliphatic rings. The third-order valence-corrected chi connectivity index (χ3v) is 4.57. The van der Waals surface area contributed by atoms with Crippen LogP contribution in [0, 0.1) is 0 Å². The Balaban J connectivity index is 1.78. The number of hydrogen-bond acceptors (Lipinski definition) is 5. The number of ether oxygens (including phenoxy) is 3. The number of rotatable bonds is 5. The van der Waals surface area contributed by atoms with Gasteiger partial charge in [-0.2, -0.15) is 0 Å². The summed E-state index contributed by atoms with van der Waals surface area (Å²) in [5, 5.41) is 3.26. The first kappa shape index (κ1) is 18.5. The highest BCUT2D eigenvalue weighted by molar-refractivity contribution is 9.10. The van der Waals surface area contributed by atoms with Gasteiger partial charge in [-0.1, -0.05) is 11.6 Å². The molecule has 6 nitrogen and oxygen atoms in total. The van der Waals surface area contributed by atoms with Gasteiger partial charge in [-0.3, -0.25) is 9.59 Å². The first-order valence-electron chi connectivity index (χ1n) is 7.72. The average Bonchev–Trinajstić information content (AvgIpc) is 3.03. The van der Waals surface area contributed by atoms with E-state index in [9.17, 15) is 9.59 Å². The SMILES string of the molecule is CC(=O)c1cc2c(cc1NC(=O)[C@@H](C)Oc1ccc(Cl)cc1Br)OCO2. The molecule has 136 valence electrons. The summed E-state index contributed by atoms with van der Waals surface area (Å²) >= 11 is 9.24. The third-order valence-electron chi connectivity index (χ3n) is 3.72. The zero-order chi connectivity index (χ0) is 18.8. The maximum Gasteiger partial charge on any atom is 0.265 e. The van der Waals surface area contributed by atoms with Crippen LogP contribution in [-0.4, -0.2) is 24.6 Å². The number of benzene rings is 2. The van der Waals surface area contributed by atoms with Crippen molar-refractivity contribution in [2.75, 3.05) is 12.1 Å². The van der Waals surface area contributed by atoms with Gasteiger partial charge in [-0.05, 0) is 54.0 Å². The number of nitrogens with one attached hydrogen (secondary N) is 1. The van der Waals surface area contributed by atoms with Gasteiger partial charge in [0.05, 0.1) is 10.2 Å². The summed E-state index contributed by atoms with van der Waals surface area (Å²) in [4.78, 5) is 24.4. The molecule has 1 aliphatic heterocycles. The predicted octanol–water partition coefficient (Wildman–Crippen LogP) is 4.44. The number of anilines is 1. The van der Waals surface area contributed by atoms with Crippen LogP contribution in [0.5, 0.6) is 17.2 Å². The fourth-order valence-electron chi connectivity index (χ4n) is 2.39. The Morgan fingerprint density at radius 3 is 2.58 bits per heavy atom. The number of halogens is 2. The largest absolute Gasteiger partial charge is 0.480 e. The summed E-state index contributed by atoms with van der Waals surface area (Å²) in [6, 6.07) is 8.13. The highest BCUT2D eigenvalue weighted by Crippen LogP contribution is 2.37. The van der Waals surface area contributed by atoms with E-state index in [1.807, 2.05) is 0 Å². The lowest BCUT2D eigenvalue weighted by Gasteiger charge is -2.17. The molecule has 0 saturated heterocycles. The molecule has 1 heterocycles. The maximum absolute atomic E-state index is 12.5. The first-order valence-corrected chi connectivity index (χ1v) is 8.89. The van der Waals surface area contributed by atoms with Crippen LogP contribution in [0.2, 0.25) is 5.02 Å². The molecule has 0 bridgehead atoms. The fraction of sp³-hybridized carbons (Fsp3) is 0.222. The molecule has 3 rings (SSSR count). The number of fused-ring (bicyclic) bond motifs is 1.